The quantitative estimate of drug-likeness (QED) is 0.619. The van der Waals surface area contributed by atoms with E-state index >= 15 is 0 Å². The number of nitrogens with one attached hydrogen (secondary N) is 1. The molecule has 1 saturated carbocycles. The molecule has 0 bridgehead atoms. The number of carbonyl (C=O) groups is 1. The minimum absolute atomic E-state index is 0.287. The molecule has 0 aliphatic heterocycles. The molecule has 0 spiro atoms. The highest BCUT2D eigenvalue weighted by atomic mass is 16.2. The Balaban J connectivity index is 1.77. The maximum absolute atomic E-state index is 11.3. The van der Waals surface area contributed by atoms with Crippen molar-refractivity contribution < 1.29 is 4.79 Å². The molecule has 0 aromatic rings. The van der Waals surface area contributed by atoms with Crippen LogP contribution in [0.2, 0.25) is 0 Å². The summed E-state index contributed by atoms with van der Waals surface area (Å²) in [6, 6.07) is 0.420. The van der Waals surface area contributed by atoms with Gasteiger partial charge in [-0.3, -0.25) is 4.79 Å². The first kappa shape index (κ1) is 7.84. The lowest BCUT2D eigenvalue weighted by Crippen LogP contribution is -2.36. The van der Waals surface area contributed by atoms with E-state index in [-0.39, 0.29) is 5.91 Å². The Bertz CT molecular complexity index is 206. The van der Waals surface area contributed by atoms with Gasteiger partial charge in [-0.05, 0) is 32.1 Å². The molecular formula is C10H15NO. The largest absolute Gasteiger partial charge is 0.353 e. The second kappa shape index (κ2) is 3.30. The lowest BCUT2D eigenvalue weighted by molar-refractivity contribution is -0.123. The zero-order valence-electron chi connectivity index (χ0n) is 7.25. The summed E-state index contributed by atoms with van der Waals surface area (Å²) >= 11 is 0. The number of rotatable bonds is 2. The molecule has 1 fully saturated rings. The Morgan fingerprint density at radius 3 is 2.67 bits per heavy atom. The molecule has 0 radical (unpaired) electrons. The smallest absolute Gasteiger partial charge is 0.223 e. The van der Waals surface area contributed by atoms with E-state index < -0.39 is 0 Å². The molecule has 2 aliphatic rings. The van der Waals surface area contributed by atoms with E-state index in [9.17, 15) is 4.79 Å². The summed E-state index contributed by atoms with van der Waals surface area (Å²) in [4.78, 5) is 11.3. The Hall–Kier alpha value is -0.790. The Labute approximate surface area is 73.0 Å². The van der Waals surface area contributed by atoms with E-state index in [1.165, 1.54) is 0 Å². The molecule has 0 aromatic heterocycles. The predicted molar refractivity (Wildman–Crippen MR) is 47.6 cm³/mol. The maximum Gasteiger partial charge on any atom is 0.223 e. The Kier molecular flexibility index (Phi) is 2.15. The fourth-order valence-electron chi connectivity index (χ4n) is 1.59. The van der Waals surface area contributed by atoms with Gasteiger partial charge < -0.3 is 5.32 Å². The predicted octanol–water partition coefficient (Wildman–Crippen LogP) is 1.62. The van der Waals surface area contributed by atoms with Gasteiger partial charge in [-0.15, -0.1) is 0 Å². The number of hydrogen-bond donors (Lipinski definition) is 1. The summed E-state index contributed by atoms with van der Waals surface area (Å²) in [5.41, 5.74) is 0. The van der Waals surface area contributed by atoms with Crippen LogP contribution in [0.15, 0.2) is 12.2 Å². The summed E-state index contributed by atoms with van der Waals surface area (Å²) in [6.45, 7) is 0. The van der Waals surface area contributed by atoms with E-state index in [1.807, 2.05) is 0 Å². The van der Waals surface area contributed by atoms with Crippen molar-refractivity contribution in [2.24, 2.45) is 5.92 Å². The van der Waals surface area contributed by atoms with Crippen molar-refractivity contribution in [2.75, 3.05) is 0 Å². The second-order valence-corrected chi connectivity index (χ2v) is 3.76. The highest BCUT2D eigenvalue weighted by Crippen LogP contribution is 2.29. The molecule has 2 heteroatoms. The van der Waals surface area contributed by atoms with Crippen molar-refractivity contribution in [3.05, 3.63) is 12.2 Å². The van der Waals surface area contributed by atoms with Crippen LogP contribution in [0.5, 0.6) is 0 Å². The number of allylic oxidation sites excluding steroid dienone is 1. The third-order valence-corrected chi connectivity index (χ3v) is 2.56. The molecule has 1 unspecified atom stereocenters. The lowest BCUT2D eigenvalue weighted by atomic mass is 10.0. The molecule has 0 aromatic carbocycles. The number of carbonyl (C=O) groups excluding carboxylic acids is 1. The van der Waals surface area contributed by atoms with Gasteiger partial charge in [-0.1, -0.05) is 12.2 Å². The van der Waals surface area contributed by atoms with Gasteiger partial charge in [0.2, 0.25) is 5.91 Å². The number of amides is 1. The van der Waals surface area contributed by atoms with E-state index in [1.54, 1.807) is 0 Å². The van der Waals surface area contributed by atoms with Gasteiger partial charge in [0.25, 0.3) is 0 Å². The normalized spacial score (nSPS) is 28.5. The van der Waals surface area contributed by atoms with E-state index in [4.69, 9.17) is 0 Å². The van der Waals surface area contributed by atoms with Crippen LogP contribution in [-0.4, -0.2) is 11.9 Å². The maximum atomic E-state index is 11.3. The lowest BCUT2D eigenvalue weighted by Gasteiger charge is -2.18. The van der Waals surface area contributed by atoms with Crippen LogP contribution in [0.4, 0.5) is 0 Å². The SMILES string of the molecule is O=C(NC1CC=CCC1)C1CC1. The molecular weight excluding hydrogens is 150 g/mol. The summed E-state index contributed by atoms with van der Waals surface area (Å²) in [5, 5.41) is 3.09. The van der Waals surface area contributed by atoms with Crippen LogP contribution < -0.4 is 5.32 Å². The van der Waals surface area contributed by atoms with Crippen LogP contribution in [-0.2, 0) is 4.79 Å². The van der Waals surface area contributed by atoms with Crippen LogP contribution >= 0.6 is 0 Å². The Morgan fingerprint density at radius 2 is 2.08 bits per heavy atom. The molecule has 1 atom stereocenters. The minimum atomic E-state index is 0.287. The first-order valence-corrected chi connectivity index (χ1v) is 4.81. The van der Waals surface area contributed by atoms with E-state index in [0.29, 0.717) is 12.0 Å². The average Bonchev–Trinajstić information content (AvgIpc) is 2.88. The second-order valence-electron chi connectivity index (χ2n) is 3.76. The molecule has 2 aliphatic carbocycles. The Morgan fingerprint density at radius 1 is 1.25 bits per heavy atom. The topological polar surface area (TPSA) is 29.1 Å². The van der Waals surface area contributed by atoms with Gasteiger partial charge in [-0.25, -0.2) is 0 Å². The van der Waals surface area contributed by atoms with Gasteiger partial charge in [0, 0.05) is 12.0 Å². The average molecular weight is 165 g/mol. The van der Waals surface area contributed by atoms with E-state index in [0.717, 1.165) is 32.1 Å². The van der Waals surface area contributed by atoms with Gasteiger partial charge >= 0.3 is 0 Å². The molecule has 0 saturated heterocycles. The van der Waals surface area contributed by atoms with Gasteiger partial charge in [0.05, 0.1) is 0 Å². The third kappa shape index (κ3) is 1.87. The van der Waals surface area contributed by atoms with Crippen LogP contribution in [0.3, 0.4) is 0 Å². The molecule has 2 rings (SSSR count). The monoisotopic (exact) mass is 165 g/mol. The van der Waals surface area contributed by atoms with Crippen molar-refractivity contribution in [2.45, 2.75) is 38.1 Å². The van der Waals surface area contributed by atoms with Crippen molar-refractivity contribution in [1.29, 1.82) is 0 Å². The first-order valence-electron chi connectivity index (χ1n) is 4.81. The minimum Gasteiger partial charge on any atom is -0.353 e. The van der Waals surface area contributed by atoms with Gasteiger partial charge in [0.1, 0.15) is 0 Å². The number of hydrogen-bond acceptors (Lipinski definition) is 1. The highest BCUT2D eigenvalue weighted by Gasteiger charge is 2.30. The summed E-state index contributed by atoms with van der Waals surface area (Å²) in [6.07, 6.45) is 9.84. The van der Waals surface area contributed by atoms with Crippen molar-refractivity contribution in [1.82, 2.24) is 5.32 Å². The molecule has 1 amide bonds. The zero-order chi connectivity index (χ0) is 8.39. The van der Waals surface area contributed by atoms with Crippen LogP contribution in [0, 0.1) is 5.92 Å². The van der Waals surface area contributed by atoms with Gasteiger partial charge in [0.15, 0.2) is 0 Å². The van der Waals surface area contributed by atoms with Crippen molar-refractivity contribution in [3.8, 4) is 0 Å². The first-order chi connectivity index (χ1) is 5.86. The summed E-state index contributed by atoms with van der Waals surface area (Å²) in [7, 11) is 0. The van der Waals surface area contributed by atoms with Gasteiger partial charge in [-0.2, -0.15) is 0 Å². The molecule has 2 nitrogen and oxygen atoms in total. The molecule has 1 N–H and O–H groups in total. The van der Waals surface area contributed by atoms with E-state index in [2.05, 4.69) is 17.5 Å². The van der Waals surface area contributed by atoms with Crippen LogP contribution in [0.25, 0.3) is 0 Å². The highest BCUT2D eigenvalue weighted by molar-refractivity contribution is 5.81. The third-order valence-electron chi connectivity index (χ3n) is 2.56. The standard InChI is InChI=1S/C10H15NO/c12-10(8-6-7-8)11-9-4-2-1-3-5-9/h1-2,8-9H,3-7H2,(H,11,12). The van der Waals surface area contributed by atoms with Crippen LogP contribution in [0.1, 0.15) is 32.1 Å². The molecule has 66 valence electrons. The summed E-state index contributed by atoms with van der Waals surface area (Å²) < 4.78 is 0. The van der Waals surface area contributed by atoms with Crippen molar-refractivity contribution >= 4 is 5.91 Å². The molecule has 12 heavy (non-hydrogen) atoms. The zero-order valence-corrected chi connectivity index (χ0v) is 7.25. The fraction of sp³-hybridized carbons (Fsp3) is 0.700. The fourth-order valence-corrected chi connectivity index (χ4v) is 1.59. The molecule has 0 heterocycles. The summed E-state index contributed by atoms with van der Waals surface area (Å²) in [5.74, 6) is 0.645. The van der Waals surface area contributed by atoms with Crippen molar-refractivity contribution in [3.63, 3.8) is 0 Å².